The highest BCUT2D eigenvalue weighted by Gasteiger charge is 2.28. The molecular weight excluding hydrogens is 312 g/mol. The van der Waals surface area contributed by atoms with Gasteiger partial charge in [-0.05, 0) is 60.9 Å². The number of fused-ring (bicyclic) bond motifs is 1. The number of amides is 2. The smallest absolute Gasteiger partial charge is 0.244 e. The van der Waals surface area contributed by atoms with Crippen molar-refractivity contribution >= 4 is 34.8 Å². The fourth-order valence-corrected chi connectivity index (χ4v) is 2.88. The lowest BCUT2D eigenvalue weighted by molar-refractivity contribution is -0.120. The van der Waals surface area contributed by atoms with Crippen molar-refractivity contribution in [1.29, 1.82) is 0 Å². The van der Waals surface area contributed by atoms with E-state index >= 15 is 0 Å². The van der Waals surface area contributed by atoms with E-state index < -0.39 is 0 Å². The Morgan fingerprint density at radius 2 is 1.96 bits per heavy atom. The lowest BCUT2D eigenvalue weighted by Crippen LogP contribution is -2.35. The first kappa shape index (κ1) is 15.6. The number of carbonyl (C=O) groups is 2. The molecule has 0 fully saturated rings. The minimum Gasteiger partial charge on any atom is -0.325 e. The largest absolute Gasteiger partial charge is 0.325 e. The maximum atomic E-state index is 12.3. The van der Waals surface area contributed by atoms with E-state index in [1.165, 1.54) is 10.5 Å². The zero-order valence-corrected chi connectivity index (χ0v) is 13.8. The number of rotatable bonds is 3. The Balaban J connectivity index is 1.73. The molecule has 118 valence electrons. The Kier molecular flexibility index (Phi) is 4.09. The molecule has 0 atom stereocenters. The monoisotopic (exact) mass is 328 g/mol. The Morgan fingerprint density at radius 3 is 2.70 bits per heavy atom. The van der Waals surface area contributed by atoms with Crippen molar-refractivity contribution in [1.82, 2.24) is 0 Å². The molecule has 2 amide bonds. The van der Waals surface area contributed by atoms with Crippen LogP contribution < -0.4 is 10.2 Å². The SMILES string of the molecule is Cc1ccc(NC(=O)CN2C(=O)Cc3cc(Cl)ccc32)cc1C. The van der Waals surface area contributed by atoms with Gasteiger partial charge in [0.15, 0.2) is 0 Å². The van der Waals surface area contributed by atoms with Gasteiger partial charge in [-0.15, -0.1) is 0 Å². The summed E-state index contributed by atoms with van der Waals surface area (Å²) in [5.74, 6) is -0.304. The van der Waals surface area contributed by atoms with Crippen LogP contribution in [0.3, 0.4) is 0 Å². The van der Waals surface area contributed by atoms with Crippen LogP contribution in [0.15, 0.2) is 36.4 Å². The third kappa shape index (κ3) is 3.22. The third-order valence-electron chi connectivity index (χ3n) is 4.07. The van der Waals surface area contributed by atoms with Crippen LogP contribution in [-0.4, -0.2) is 18.4 Å². The van der Waals surface area contributed by atoms with Crippen LogP contribution in [0.5, 0.6) is 0 Å². The van der Waals surface area contributed by atoms with Crippen LogP contribution in [-0.2, 0) is 16.0 Å². The Hall–Kier alpha value is -2.33. The zero-order chi connectivity index (χ0) is 16.6. The molecule has 0 saturated heterocycles. The molecule has 0 aliphatic carbocycles. The Bertz CT molecular complexity index is 802. The molecule has 0 bridgehead atoms. The highest BCUT2D eigenvalue weighted by Crippen LogP contribution is 2.31. The van der Waals surface area contributed by atoms with Gasteiger partial charge in [0.05, 0.1) is 6.42 Å². The molecule has 5 heteroatoms. The molecule has 1 N–H and O–H groups in total. The second-order valence-corrected chi connectivity index (χ2v) is 6.21. The van der Waals surface area contributed by atoms with Crippen molar-refractivity contribution in [2.24, 2.45) is 0 Å². The van der Waals surface area contributed by atoms with Crippen LogP contribution in [0.1, 0.15) is 16.7 Å². The van der Waals surface area contributed by atoms with Crippen LogP contribution in [0.4, 0.5) is 11.4 Å². The van der Waals surface area contributed by atoms with E-state index in [9.17, 15) is 9.59 Å². The summed E-state index contributed by atoms with van der Waals surface area (Å²) in [5.41, 5.74) is 4.64. The number of anilines is 2. The molecule has 1 aliphatic heterocycles. The topological polar surface area (TPSA) is 49.4 Å². The highest BCUT2D eigenvalue weighted by atomic mass is 35.5. The number of nitrogens with one attached hydrogen (secondary N) is 1. The summed E-state index contributed by atoms with van der Waals surface area (Å²) in [6.07, 6.45) is 0.285. The van der Waals surface area contributed by atoms with Crippen LogP contribution >= 0.6 is 11.6 Å². The van der Waals surface area contributed by atoms with E-state index in [0.717, 1.165) is 22.5 Å². The van der Waals surface area contributed by atoms with Gasteiger partial charge in [-0.25, -0.2) is 0 Å². The quantitative estimate of drug-likeness (QED) is 0.937. The van der Waals surface area contributed by atoms with Crippen LogP contribution in [0.2, 0.25) is 5.02 Å². The van der Waals surface area contributed by atoms with E-state index in [1.54, 1.807) is 18.2 Å². The summed E-state index contributed by atoms with van der Waals surface area (Å²) in [6.45, 7) is 4.02. The minimum atomic E-state index is -0.218. The molecule has 23 heavy (non-hydrogen) atoms. The number of halogens is 1. The number of nitrogens with zero attached hydrogens (tertiary/aromatic N) is 1. The molecule has 1 heterocycles. The molecule has 4 nitrogen and oxygen atoms in total. The predicted octanol–water partition coefficient (Wildman–Crippen LogP) is 3.48. The zero-order valence-electron chi connectivity index (χ0n) is 13.0. The fraction of sp³-hybridized carbons (Fsp3) is 0.222. The molecule has 0 aromatic heterocycles. The van der Waals surface area contributed by atoms with Gasteiger partial charge >= 0.3 is 0 Å². The summed E-state index contributed by atoms with van der Waals surface area (Å²) < 4.78 is 0. The van der Waals surface area contributed by atoms with Gasteiger partial charge < -0.3 is 10.2 Å². The lowest BCUT2D eigenvalue weighted by atomic mass is 10.1. The minimum absolute atomic E-state index is 0.000387. The first-order chi connectivity index (χ1) is 10.9. The van der Waals surface area contributed by atoms with E-state index in [4.69, 9.17) is 11.6 Å². The molecule has 0 spiro atoms. The molecule has 3 rings (SSSR count). The molecule has 0 radical (unpaired) electrons. The van der Waals surface area contributed by atoms with Gasteiger partial charge in [-0.2, -0.15) is 0 Å². The maximum absolute atomic E-state index is 12.3. The van der Waals surface area contributed by atoms with Gasteiger partial charge in [0, 0.05) is 16.4 Å². The summed E-state index contributed by atoms with van der Waals surface area (Å²) >= 11 is 5.95. The normalized spacial score (nSPS) is 13.2. The van der Waals surface area contributed by atoms with Crippen molar-refractivity contribution < 1.29 is 9.59 Å². The van der Waals surface area contributed by atoms with E-state index in [0.29, 0.717) is 5.02 Å². The van der Waals surface area contributed by atoms with Crippen molar-refractivity contribution in [3.8, 4) is 0 Å². The third-order valence-corrected chi connectivity index (χ3v) is 4.30. The number of carbonyl (C=O) groups excluding carboxylic acids is 2. The first-order valence-corrected chi connectivity index (χ1v) is 7.78. The molecule has 0 unspecified atom stereocenters. The Labute approximate surface area is 140 Å². The van der Waals surface area contributed by atoms with Gasteiger partial charge in [0.2, 0.25) is 11.8 Å². The Morgan fingerprint density at radius 1 is 1.17 bits per heavy atom. The standard InChI is InChI=1S/C18H17ClN2O2/c1-11-3-5-15(7-12(11)2)20-17(22)10-21-16-6-4-14(19)8-13(16)9-18(21)23/h3-8H,9-10H2,1-2H3,(H,20,22). The van der Waals surface area contributed by atoms with Gasteiger partial charge in [-0.3, -0.25) is 9.59 Å². The van der Waals surface area contributed by atoms with Gasteiger partial charge in [-0.1, -0.05) is 17.7 Å². The number of hydrogen-bond acceptors (Lipinski definition) is 2. The average molecular weight is 329 g/mol. The summed E-state index contributed by atoms with van der Waals surface area (Å²) in [7, 11) is 0. The van der Waals surface area contributed by atoms with E-state index in [2.05, 4.69) is 5.32 Å². The second-order valence-electron chi connectivity index (χ2n) is 5.78. The van der Waals surface area contributed by atoms with Gasteiger partial charge in [0.1, 0.15) is 6.54 Å². The van der Waals surface area contributed by atoms with E-state index in [-0.39, 0.29) is 24.8 Å². The van der Waals surface area contributed by atoms with Gasteiger partial charge in [0.25, 0.3) is 0 Å². The van der Waals surface area contributed by atoms with Crippen molar-refractivity contribution in [2.75, 3.05) is 16.8 Å². The lowest BCUT2D eigenvalue weighted by Gasteiger charge is -2.17. The van der Waals surface area contributed by atoms with Crippen molar-refractivity contribution in [3.63, 3.8) is 0 Å². The molecule has 0 saturated carbocycles. The van der Waals surface area contributed by atoms with Crippen molar-refractivity contribution in [3.05, 3.63) is 58.1 Å². The van der Waals surface area contributed by atoms with Crippen LogP contribution in [0.25, 0.3) is 0 Å². The number of benzene rings is 2. The summed E-state index contributed by atoms with van der Waals surface area (Å²) in [6, 6.07) is 11.0. The predicted molar refractivity (Wildman–Crippen MR) is 92.1 cm³/mol. The summed E-state index contributed by atoms with van der Waals surface area (Å²) in [4.78, 5) is 25.9. The number of hydrogen-bond donors (Lipinski definition) is 1. The molecule has 2 aromatic rings. The van der Waals surface area contributed by atoms with E-state index in [1.807, 2.05) is 32.0 Å². The van der Waals surface area contributed by atoms with Crippen LogP contribution in [0, 0.1) is 13.8 Å². The first-order valence-electron chi connectivity index (χ1n) is 7.40. The average Bonchev–Trinajstić information content (AvgIpc) is 2.78. The number of aryl methyl sites for hydroxylation is 2. The maximum Gasteiger partial charge on any atom is 0.244 e. The highest BCUT2D eigenvalue weighted by molar-refractivity contribution is 6.31. The molecule has 1 aliphatic rings. The fourth-order valence-electron chi connectivity index (χ4n) is 2.69. The second kappa shape index (κ2) is 6.05. The summed E-state index contributed by atoms with van der Waals surface area (Å²) in [5, 5.41) is 3.44. The molecular formula is C18H17ClN2O2. The molecule has 2 aromatic carbocycles. The van der Waals surface area contributed by atoms with Crippen molar-refractivity contribution in [2.45, 2.75) is 20.3 Å².